The van der Waals surface area contributed by atoms with Gasteiger partial charge in [-0.1, -0.05) is 24.3 Å². The summed E-state index contributed by atoms with van der Waals surface area (Å²) in [6, 6.07) is 16.0. The van der Waals surface area contributed by atoms with Crippen LogP contribution >= 0.6 is 0 Å². The molecule has 0 saturated carbocycles. The van der Waals surface area contributed by atoms with E-state index in [4.69, 9.17) is 4.84 Å². The summed E-state index contributed by atoms with van der Waals surface area (Å²) in [6.07, 6.45) is 3.25. The van der Waals surface area contributed by atoms with Gasteiger partial charge in [-0.25, -0.2) is 9.40 Å². The number of hydroxylamine groups is 2. The van der Waals surface area contributed by atoms with Gasteiger partial charge in [-0.3, -0.25) is 4.98 Å². The van der Waals surface area contributed by atoms with Crippen molar-refractivity contribution in [2.24, 2.45) is 0 Å². The number of anilines is 1. The van der Waals surface area contributed by atoms with Crippen molar-refractivity contribution >= 4 is 15.7 Å². The van der Waals surface area contributed by atoms with E-state index in [-0.39, 0.29) is 10.6 Å². The number of hydrazine groups is 1. The summed E-state index contributed by atoms with van der Waals surface area (Å²) in [5.41, 5.74) is 1.48. The lowest BCUT2D eigenvalue weighted by Crippen LogP contribution is -2.55. The van der Waals surface area contributed by atoms with E-state index in [1.165, 1.54) is 28.7 Å². The summed E-state index contributed by atoms with van der Waals surface area (Å²) in [5, 5.41) is 3.47. The summed E-state index contributed by atoms with van der Waals surface area (Å²) in [5.74, 6) is -0.528. The van der Waals surface area contributed by atoms with Crippen molar-refractivity contribution in [3.63, 3.8) is 0 Å². The molecule has 1 saturated heterocycles. The lowest BCUT2D eigenvalue weighted by molar-refractivity contribution is -0.151. The van der Waals surface area contributed by atoms with Crippen LogP contribution in [0.3, 0.4) is 0 Å². The van der Waals surface area contributed by atoms with Crippen molar-refractivity contribution in [1.29, 1.82) is 0 Å². The van der Waals surface area contributed by atoms with Gasteiger partial charge in [-0.05, 0) is 42.0 Å². The maximum absolute atomic E-state index is 14.7. The highest BCUT2D eigenvalue weighted by molar-refractivity contribution is 7.92. The van der Waals surface area contributed by atoms with Crippen molar-refractivity contribution in [1.82, 2.24) is 15.1 Å². The van der Waals surface area contributed by atoms with Gasteiger partial charge in [0.2, 0.25) is 0 Å². The van der Waals surface area contributed by atoms with Crippen LogP contribution in [0.2, 0.25) is 0 Å². The second-order valence-electron chi connectivity index (χ2n) is 7.07. The fourth-order valence-electron chi connectivity index (χ4n) is 3.57. The Labute approximate surface area is 181 Å². The molecule has 9 heteroatoms. The van der Waals surface area contributed by atoms with Crippen LogP contribution in [0.15, 0.2) is 78.0 Å². The SMILES string of the molecule is CON1CCN(N(c2cc(F)cc(-c3cccnc3)c2)S(=O)(=O)c2ccccc2)CC1. The lowest BCUT2D eigenvalue weighted by atomic mass is 10.1. The third kappa shape index (κ3) is 4.59. The van der Waals surface area contributed by atoms with E-state index in [2.05, 4.69) is 4.98 Å². The highest BCUT2D eigenvalue weighted by Gasteiger charge is 2.33. The zero-order valence-electron chi connectivity index (χ0n) is 17.1. The number of sulfonamides is 1. The Balaban J connectivity index is 1.81. The molecule has 0 radical (unpaired) electrons. The minimum Gasteiger partial charge on any atom is -0.302 e. The molecule has 0 amide bonds. The second kappa shape index (κ2) is 9.11. The maximum Gasteiger partial charge on any atom is 0.277 e. The monoisotopic (exact) mass is 442 g/mol. The molecule has 3 aromatic rings. The Bertz CT molecular complexity index is 1120. The number of halogens is 1. The number of nitrogens with zero attached hydrogens (tertiary/aromatic N) is 4. The van der Waals surface area contributed by atoms with Crippen LogP contribution in [0, 0.1) is 5.82 Å². The molecule has 2 heterocycles. The van der Waals surface area contributed by atoms with Gasteiger partial charge in [0.05, 0.1) is 17.7 Å². The molecular formula is C22H23FN4O3S. The highest BCUT2D eigenvalue weighted by Crippen LogP contribution is 2.31. The van der Waals surface area contributed by atoms with Gasteiger partial charge in [0.15, 0.2) is 0 Å². The van der Waals surface area contributed by atoms with E-state index in [1.807, 2.05) is 0 Å². The van der Waals surface area contributed by atoms with E-state index in [0.717, 1.165) is 0 Å². The molecule has 0 atom stereocenters. The van der Waals surface area contributed by atoms with E-state index >= 15 is 0 Å². The minimum absolute atomic E-state index is 0.136. The smallest absolute Gasteiger partial charge is 0.277 e. The highest BCUT2D eigenvalue weighted by atomic mass is 32.2. The predicted molar refractivity (Wildman–Crippen MR) is 116 cm³/mol. The number of hydrogen-bond donors (Lipinski definition) is 0. The summed E-state index contributed by atoms with van der Waals surface area (Å²) in [6.45, 7) is 1.83. The first-order valence-electron chi connectivity index (χ1n) is 9.84. The van der Waals surface area contributed by atoms with E-state index in [1.54, 1.807) is 66.0 Å². The molecule has 0 N–H and O–H groups in total. The van der Waals surface area contributed by atoms with Crippen LogP contribution in [0.1, 0.15) is 0 Å². The number of aromatic nitrogens is 1. The van der Waals surface area contributed by atoms with Gasteiger partial charge in [-0.2, -0.15) is 17.9 Å². The van der Waals surface area contributed by atoms with Crippen molar-refractivity contribution in [3.8, 4) is 11.1 Å². The summed E-state index contributed by atoms with van der Waals surface area (Å²) >= 11 is 0. The van der Waals surface area contributed by atoms with Gasteiger partial charge in [0.25, 0.3) is 10.0 Å². The van der Waals surface area contributed by atoms with Crippen LogP contribution in [0.5, 0.6) is 0 Å². The van der Waals surface area contributed by atoms with Crippen molar-refractivity contribution in [2.45, 2.75) is 4.90 Å². The molecule has 4 rings (SSSR count). The minimum atomic E-state index is -3.98. The Morgan fingerprint density at radius 3 is 2.35 bits per heavy atom. The molecule has 0 bridgehead atoms. The molecule has 1 aliphatic rings. The molecule has 0 spiro atoms. The number of rotatable bonds is 6. The summed E-state index contributed by atoms with van der Waals surface area (Å²) < 4.78 is 43.2. The molecule has 162 valence electrons. The number of pyridine rings is 1. The Morgan fingerprint density at radius 1 is 0.968 bits per heavy atom. The van der Waals surface area contributed by atoms with Gasteiger partial charge in [-0.15, -0.1) is 0 Å². The van der Waals surface area contributed by atoms with Crippen molar-refractivity contribution in [2.75, 3.05) is 37.7 Å². The van der Waals surface area contributed by atoms with E-state index in [0.29, 0.717) is 37.3 Å². The van der Waals surface area contributed by atoms with Gasteiger partial charge in [0.1, 0.15) is 5.82 Å². The normalized spacial score (nSPS) is 15.7. The average Bonchev–Trinajstić information content (AvgIpc) is 2.80. The van der Waals surface area contributed by atoms with Crippen LogP contribution in [-0.2, 0) is 14.9 Å². The zero-order valence-corrected chi connectivity index (χ0v) is 17.9. The van der Waals surface area contributed by atoms with E-state index in [9.17, 15) is 12.8 Å². The molecule has 0 aliphatic carbocycles. The number of piperazine rings is 1. The van der Waals surface area contributed by atoms with Crippen LogP contribution in [0.25, 0.3) is 11.1 Å². The third-order valence-corrected chi connectivity index (χ3v) is 6.86. The van der Waals surface area contributed by atoms with Crippen LogP contribution in [0.4, 0.5) is 10.1 Å². The predicted octanol–water partition coefficient (Wildman–Crippen LogP) is 3.18. The third-order valence-electron chi connectivity index (χ3n) is 5.10. The largest absolute Gasteiger partial charge is 0.302 e. The zero-order chi connectivity index (χ0) is 21.8. The topological polar surface area (TPSA) is 66.0 Å². The average molecular weight is 443 g/mol. The standard InChI is InChI=1S/C22H23FN4O3S/c1-30-26-12-10-25(11-13-26)27(31(28,29)22-7-3-2-4-8-22)21-15-19(14-20(23)16-21)18-6-5-9-24-17-18/h2-9,14-17H,10-13H2,1H3. The molecule has 1 aromatic heterocycles. The van der Waals surface area contributed by atoms with Crippen molar-refractivity contribution in [3.05, 3.63) is 78.9 Å². The fourth-order valence-corrected chi connectivity index (χ4v) is 5.12. The first kappa shape index (κ1) is 21.4. The molecule has 0 unspecified atom stereocenters. The first-order chi connectivity index (χ1) is 15.0. The lowest BCUT2D eigenvalue weighted by Gasteiger charge is -2.40. The molecule has 1 fully saturated rings. The molecule has 7 nitrogen and oxygen atoms in total. The Hall–Kier alpha value is -2.85. The molecule has 2 aromatic carbocycles. The summed E-state index contributed by atoms with van der Waals surface area (Å²) in [4.78, 5) is 9.48. The number of hydrogen-bond acceptors (Lipinski definition) is 6. The maximum atomic E-state index is 14.7. The van der Waals surface area contributed by atoms with Gasteiger partial charge < -0.3 is 4.84 Å². The Morgan fingerprint density at radius 2 is 1.71 bits per heavy atom. The van der Waals surface area contributed by atoms with Crippen molar-refractivity contribution < 1.29 is 17.6 Å². The first-order valence-corrected chi connectivity index (χ1v) is 11.3. The quantitative estimate of drug-likeness (QED) is 0.584. The number of benzene rings is 2. The van der Waals surface area contributed by atoms with Crippen LogP contribution in [-0.4, -0.2) is 56.8 Å². The summed E-state index contributed by atoms with van der Waals surface area (Å²) in [7, 11) is -2.39. The molecule has 31 heavy (non-hydrogen) atoms. The molecule has 1 aliphatic heterocycles. The molecular weight excluding hydrogens is 419 g/mol. The van der Waals surface area contributed by atoms with Gasteiger partial charge in [0, 0.05) is 44.1 Å². The van der Waals surface area contributed by atoms with E-state index < -0.39 is 15.8 Å². The Kier molecular flexibility index (Phi) is 6.28. The fraction of sp³-hybridized carbons (Fsp3) is 0.227. The van der Waals surface area contributed by atoms with Gasteiger partial charge >= 0.3 is 0 Å². The van der Waals surface area contributed by atoms with Crippen LogP contribution < -0.4 is 4.41 Å². The second-order valence-corrected chi connectivity index (χ2v) is 8.83.